The van der Waals surface area contributed by atoms with Gasteiger partial charge in [0, 0.05) is 39.3 Å². The Bertz CT molecular complexity index is 747. The monoisotopic (exact) mass is 390 g/mol. The molecule has 1 aliphatic heterocycles. The van der Waals surface area contributed by atoms with E-state index in [2.05, 4.69) is 10.2 Å². The second-order valence-electron chi connectivity index (χ2n) is 7.87. The number of amides is 3. The summed E-state index contributed by atoms with van der Waals surface area (Å²) in [5, 5.41) is 2.90. The van der Waals surface area contributed by atoms with Gasteiger partial charge in [-0.3, -0.25) is 19.3 Å². The number of hydrogen-bond acceptors (Lipinski definition) is 5. The molecule has 1 aromatic rings. The Hall–Kier alpha value is -2.35. The molecular weight excluding hydrogens is 360 g/mol. The van der Waals surface area contributed by atoms with Gasteiger partial charge >= 0.3 is 0 Å². The molecule has 1 saturated carbocycles. The number of aryl methyl sites for hydroxylation is 2. The van der Waals surface area contributed by atoms with Crippen molar-refractivity contribution in [3.63, 3.8) is 0 Å². The van der Waals surface area contributed by atoms with E-state index in [0.717, 1.165) is 18.6 Å². The number of rotatable bonds is 6. The summed E-state index contributed by atoms with van der Waals surface area (Å²) in [5.74, 6) is 1.16. The Kier molecular flexibility index (Phi) is 6.07. The molecule has 1 aromatic heterocycles. The molecule has 2 fully saturated rings. The fourth-order valence-electron chi connectivity index (χ4n) is 3.60. The standard InChI is InChI=1S/C20H30N4O4/c1-13-11-17(15(3)28-13)20(27)24-9-7-23(8-10-24)14(2)19(26)22(4)12-18(25)21-16-5-6-16/h11,14,16H,5-10,12H2,1-4H3,(H,21,25). The summed E-state index contributed by atoms with van der Waals surface area (Å²) in [6.45, 7) is 7.93. The molecule has 2 heterocycles. The summed E-state index contributed by atoms with van der Waals surface area (Å²) >= 11 is 0. The fourth-order valence-corrected chi connectivity index (χ4v) is 3.60. The number of carbonyl (C=O) groups is 3. The van der Waals surface area contributed by atoms with Crippen molar-refractivity contribution in [2.45, 2.75) is 45.7 Å². The number of piperazine rings is 1. The van der Waals surface area contributed by atoms with E-state index in [1.165, 1.54) is 4.90 Å². The van der Waals surface area contributed by atoms with Gasteiger partial charge in [-0.25, -0.2) is 0 Å². The average Bonchev–Trinajstić information content (AvgIpc) is 3.41. The first-order valence-corrected chi connectivity index (χ1v) is 9.91. The summed E-state index contributed by atoms with van der Waals surface area (Å²) in [7, 11) is 1.66. The van der Waals surface area contributed by atoms with E-state index in [1.54, 1.807) is 24.9 Å². The van der Waals surface area contributed by atoms with Crippen LogP contribution in [0.5, 0.6) is 0 Å². The summed E-state index contributed by atoms with van der Waals surface area (Å²) in [6, 6.07) is 1.74. The van der Waals surface area contributed by atoms with Crippen molar-refractivity contribution in [1.29, 1.82) is 0 Å². The van der Waals surface area contributed by atoms with Gasteiger partial charge in [-0.2, -0.15) is 0 Å². The summed E-state index contributed by atoms with van der Waals surface area (Å²) in [5.41, 5.74) is 0.608. The minimum absolute atomic E-state index is 0.0261. The molecule has 1 N–H and O–H groups in total. The molecule has 3 rings (SSSR count). The number of furan rings is 1. The molecule has 28 heavy (non-hydrogen) atoms. The summed E-state index contributed by atoms with van der Waals surface area (Å²) in [4.78, 5) is 42.6. The zero-order valence-corrected chi connectivity index (χ0v) is 17.2. The molecule has 3 amide bonds. The maximum atomic E-state index is 12.7. The van der Waals surface area contributed by atoms with Crippen molar-refractivity contribution in [3.8, 4) is 0 Å². The first kappa shape index (κ1) is 20.4. The van der Waals surface area contributed by atoms with Gasteiger partial charge in [-0.05, 0) is 39.7 Å². The van der Waals surface area contributed by atoms with E-state index in [1.807, 2.05) is 13.8 Å². The van der Waals surface area contributed by atoms with Crippen molar-refractivity contribution >= 4 is 17.7 Å². The number of likely N-dealkylation sites (N-methyl/N-ethyl adjacent to an activating group) is 1. The topological polar surface area (TPSA) is 86.1 Å². The van der Waals surface area contributed by atoms with Crippen LogP contribution in [-0.2, 0) is 9.59 Å². The van der Waals surface area contributed by atoms with Crippen molar-refractivity contribution in [2.24, 2.45) is 0 Å². The second-order valence-corrected chi connectivity index (χ2v) is 7.87. The molecule has 1 atom stereocenters. The van der Waals surface area contributed by atoms with Gasteiger partial charge in [0.1, 0.15) is 11.5 Å². The van der Waals surface area contributed by atoms with Crippen LogP contribution in [0.1, 0.15) is 41.6 Å². The molecule has 1 unspecified atom stereocenters. The van der Waals surface area contributed by atoms with Gasteiger partial charge in [0.15, 0.2) is 0 Å². The molecule has 8 nitrogen and oxygen atoms in total. The Morgan fingerprint density at radius 3 is 2.39 bits per heavy atom. The van der Waals surface area contributed by atoms with Gasteiger partial charge < -0.3 is 19.5 Å². The van der Waals surface area contributed by atoms with Crippen molar-refractivity contribution in [2.75, 3.05) is 39.8 Å². The van der Waals surface area contributed by atoms with E-state index >= 15 is 0 Å². The van der Waals surface area contributed by atoms with Crippen molar-refractivity contribution in [3.05, 3.63) is 23.2 Å². The SMILES string of the molecule is Cc1cc(C(=O)N2CCN(C(C)C(=O)N(C)CC(=O)NC3CC3)CC2)c(C)o1. The third-order valence-corrected chi connectivity index (χ3v) is 5.48. The largest absolute Gasteiger partial charge is 0.466 e. The number of nitrogens with one attached hydrogen (secondary N) is 1. The van der Waals surface area contributed by atoms with Crippen LogP contribution in [0.2, 0.25) is 0 Å². The molecule has 0 spiro atoms. The lowest BCUT2D eigenvalue weighted by Crippen LogP contribution is -2.55. The number of nitrogens with zero attached hydrogens (tertiary/aromatic N) is 3. The highest BCUT2D eigenvalue weighted by atomic mass is 16.3. The number of carbonyl (C=O) groups excluding carboxylic acids is 3. The second kappa shape index (κ2) is 8.34. The van der Waals surface area contributed by atoms with Crippen LogP contribution in [0, 0.1) is 13.8 Å². The molecule has 154 valence electrons. The highest BCUT2D eigenvalue weighted by Crippen LogP contribution is 2.19. The molecule has 0 aromatic carbocycles. The van der Waals surface area contributed by atoms with Gasteiger partial charge in [0.25, 0.3) is 5.91 Å². The molecule has 0 radical (unpaired) electrons. The maximum absolute atomic E-state index is 12.7. The smallest absolute Gasteiger partial charge is 0.257 e. The maximum Gasteiger partial charge on any atom is 0.257 e. The van der Waals surface area contributed by atoms with Crippen LogP contribution in [0.4, 0.5) is 0 Å². The van der Waals surface area contributed by atoms with Crippen LogP contribution in [0.25, 0.3) is 0 Å². The molecular formula is C20H30N4O4. The molecule has 1 aliphatic carbocycles. The first-order chi connectivity index (χ1) is 13.3. The van der Waals surface area contributed by atoms with E-state index in [4.69, 9.17) is 4.42 Å². The zero-order chi connectivity index (χ0) is 20.4. The molecule has 2 aliphatic rings. The fraction of sp³-hybridized carbons (Fsp3) is 0.650. The van der Waals surface area contributed by atoms with Crippen LogP contribution in [0.15, 0.2) is 10.5 Å². The van der Waals surface area contributed by atoms with E-state index in [0.29, 0.717) is 43.5 Å². The normalized spacial score (nSPS) is 18.6. The van der Waals surface area contributed by atoms with Crippen molar-refractivity contribution < 1.29 is 18.8 Å². The van der Waals surface area contributed by atoms with E-state index in [-0.39, 0.29) is 30.3 Å². The first-order valence-electron chi connectivity index (χ1n) is 9.91. The van der Waals surface area contributed by atoms with Crippen molar-refractivity contribution in [1.82, 2.24) is 20.0 Å². The highest BCUT2D eigenvalue weighted by molar-refractivity contribution is 5.95. The quantitative estimate of drug-likeness (QED) is 0.776. The van der Waals surface area contributed by atoms with Crippen LogP contribution in [0.3, 0.4) is 0 Å². The lowest BCUT2D eigenvalue weighted by molar-refractivity contribution is -0.139. The molecule has 0 bridgehead atoms. The minimum atomic E-state index is -0.325. The lowest BCUT2D eigenvalue weighted by Gasteiger charge is -2.38. The predicted molar refractivity (Wildman–Crippen MR) is 104 cm³/mol. The lowest BCUT2D eigenvalue weighted by atomic mass is 10.1. The predicted octanol–water partition coefficient (Wildman–Crippen LogP) is 0.780. The Balaban J connectivity index is 1.49. The van der Waals surface area contributed by atoms with Crippen LogP contribution < -0.4 is 5.32 Å². The van der Waals surface area contributed by atoms with E-state index in [9.17, 15) is 14.4 Å². The third kappa shape index (κ3) is 4.73. The zero-order valence-electron chi connectivity index (χ0n) is 17.2. The van der Waals surface area contributed by atoms with E-state index < -0.39 is 0 Å². The Morgan fingerprint density at radius 1 is 1.21 bits per heavy atom. The van der Waals surface area contributed by atoms with Gasteiger partial charge in [-0.1, -0.05) is 0 Å². The third-order valence-electron chi connectivity index (χ3n) is 5.48. The summed E-state index contributed by atoms with van der Waals surface area (Å²) in [6.07, 6.45) is 2.06. The van der Waals surface area contributed by atoms with Crippen LogP contribution in [-0.4, -0.2) is 84.3 Å². The van der Waals surface area contributed by atoms with Gasteiger partial charge in [0.05, 0.1) is 18.2 Å². The molecule has 8 heteroatoms. The highest BCUT2D eigenvalue weighted by Gasteiger charge is 2.31. The Morgan fingerprint density at radius 2 is 1.86 bits per heavy atom. The number of hydrogen-bond donors (Lipinski definition) is 1. The summed E-state index contributed by atoms with van der Waals surface area (Å²) < 4.78 is 5.46. The Labute approximate surface area is 165 Å². The van der Waals surface area contributed by atoms with Crippen LogP contribution >= 0.6 is 0 Å². The van der Waals surface area contributed by atoms with Gasteiger partial charge in [0.2, 0.25) is 11.8 Å². The minimum Gasteiger partial charge on any atom is -0.466 e. The average molecular weight is 390 g/mol. The van der Waals surface area contributed by atoms with Gasteiger partial charge in [-0.15, -0.1) is 0 Å². The molecule has 1 saturated heterocycles.